The molecule has 0 spiro atoms. The maximum Gasteiger partial charge on any atom is 0.284 e. The van der Waals surface area contributed by atoms with Crippen molar-refractivity contribution in [1.29, 1.82) is 0 Å². The number of nitrogens with two attached hydrogens (primary N) is 1. The van der Waals surface area contributed by atoms with Gasteiger partial charge in [-0.1, -0.05) is 19.3 Å². The molecule has 21 heavy (non-hydrogen) atoms. The maximum atomic E-state index is 13.4. The highest BCUT2D eigenvalue weighted by molar-refractivity contribution is 5.94. The fraction of sp³-hybridized carbons (Fsp3) is 0.333. The van der Waals surface area contributed by atoms with E-state index in [1.165, 1.54) is 0 Å². The molecule has 1 aliphatic carbocycles. The number of phenolic OH excluding ortho intramolecular Hbond substituents is 1. The van der Waals surface area contributed by atoms with Gasteiger partial charge in [0.25, 0.3) is 5.91 Å². The zero-order valence-electron chi connectivity index (χ0n) is 11.2. The number of aromatic hydroxyl groups is 1. The average molecular weight is 291 g/mol. The van der Waals surface area contributed by atoms with Gasteiger partial charge in [-0.25, -0.2) is 4.39 Å². The smallest absolute Gasteiger partial charge is 0.284 e. The first kappa shape index (κ1) is 13.6. The van der Waals surface area contributed by atoms with Crippen molar-refractivity contribution in [3.63, 3.8) is 0 Å². The van der Waals surface area contributed by atoms with Crippen molar-refractivity contribution in [2.24, 2.45) is 11.7 Å². The molecule has 0 radical (unpaired) electrons. The van der Waals surface area contributed by atoms with Gasteiger partial charge in [-0.15, -0.1) is 0 Å². The number of primary amides is 1. The number of rotatable bonds is 3. The molecular weight excluding hydrogens is 277 g/mol. The lowest BCUT2D eigenvalue weighted by molar-refractivity contribution is 0.0972. The van der Waals surface area contributed by atoms with Gasteiger partial charge in [-0.3, -0.25) is 9.59 Å². The Morgan fingerprint density at radius 3 is 2.71 bits per heavy atom. The van der Waals surface area contributed by atoms with E-state index in [1.54, 1.807) is 0 Å². The van der Waals surface area contributed by atoms with Gasteiger partial charge in [-0.2, -0.15) is 0 Å². The van der Waals surface area contributed by atoms with Crippen molar-refractivity contribution >= 4 is 16.9 Å². The summed E-state index contributed by atoms with van der Waals surface area (Å²) in [7, 11) is 0. The second-order valence-corrected chi connectivity index (χ2v) is 5.41. The zero-order chi connectivity index (χ0) is 15.1. The monoisotopic (exact) mass is 291 g/mol. The number of carbonyl (C=O) groups excluding carboxylic acids is 1. The minimum atomic E-state index is -0.868. The van der Waals surface area contributed by atoms with Crippen LogP contribution in [-0.4, -0.2) is 11.0 Å². The first-order chi connectivity index (χ1) is 9.97. The molecule has 1 amide bonds. The molecule has 1 aromatic heterocycles. The number of halogens is 1. The molecule has 0 atom stereocenters. The number of carbonyl (C=O) groups is 1. The van der Waals surface area contributed by atoms with E-state index in [2.05, 4.69) is 0 Å². The fourth-order valence-electron chi connectivity index (χ4n) is 2.65. The lowest BCUT2D eigenvalue weighted by Crippen LogP contribution is -2.25. The van der Waals surface area contributed by atoms with E-state index in [0.29, 0.717) is 12.3 Å². The van der Waals surface area contributed by atoms with E-state index in [4.69, 9.17) is 10.2 Å². The number of fused-ring (bicyclic) bond motifs is 1. The quantitative estimate of drug-likeness (QED) is 0.905. The van der Waals surface area contributed by atoms with Gasteiger partial charge in [0.05, 0.1) is 5.39 Å². The topological polar surface area (TPSA) is 93.5 Å². The van der Waals surface area contributed by atoms with Crippen LogP contribution in [0.5, 0.6) is 5.75 Å². The van der Waals surface area contributed by atoms with Crippen molar-refractivity contribution in [1.82, 2.24) is 0 Å². The Kier molecular flexibility index (Phi) is 3.16. The van der Waals surface area contributed by atoms with Crippen LogP contribution in [0.1, 0.15) is 35.4 Å². The number of hydrogen-bond donors (Lipinski definition) is 2. The predicted octanol–water partition coefficient (Wildman–Crippen LogP) is 2.08. The van der Waals surface area contributed by atoms with Crippen LogP contribution in [-0.2, 0) is 6.42 Å². The van der Waals surface area contributed by atoms with Gasteiger partial charge in [0.15, 0.2) is 22.5 Å². The van der Waals surface area contributed by atoms with Gasteiger partial charge in [0.1, 0.15) is 5.82 Å². The van der Waals surface area contributed by atoms with Crippen molar-refractivity contribution in [3.05, 3.63) is 39.5 Å². The average Bonchev–Trinajstić information content (AvgIpc) is 2.35. The highest BCUT2D eigenvalue weighted by Gasteiger charge is 2.26. The first-order valence-corrected chi connectivity index (χ1v) is 6.75. The van der Waals surface area contributed by atoms with Crippen molar-refractivity contribution in [2.45, 2.75) is 25.7 Å². The van der Waals surface area contributed by atoms with Crippen LogP contribution in [0.25, 0.3) is 11.0 Å². The number of benzene rings is 1. The number of amides is 1. The van der Waals surface area contributed by atoms with Crippen LogP contribution >= 0.6 is 0 Å². The Morgan fingerprint density at radius 2 is 2.14 bits per heavy atom. The van der Waals surface area contributed by atoms with Gasteiger partial charge < -0.3 is 15.3 Å². The molecule has 3 N–H and O–H groups in total. The fourth-order valence-corrected chi connectivity index (χ4v) is 2.65. The minimum Gasteiger partial charge on any atom is -0.504 e. The van der Waals surface area contributed by atoms with Crippen LogP contribution in [0.15, 0.2) is 21.3 Å². The molecule has 1 saturated carbocycles. The molecule has 1 heterocycles. The van der Waals surface area contributed by atoms with Crippen molar-refractivity contribution < 1.29 is 18.7 Å². The van der Waals surface area contributed by atoms with Crippen LogP contribution in [0.4, 0.5) is 4.39 Å². The number of hydrogen-bond acceptors (Lipinski definition) is 4. The van der Waals surface area contributed by atoms with E-state index >= 15 is 0 Å². The second kappa shape index (κ2) is 4.87. The van der Waals surface area contributed by atoms with Gasteiger partial charge in [0, 0.05) is 11.6 Å². The van der Waals surface area contributed by atoms with Crippen LogP contribution < -0.4 is 11.2 Å². The molecular formula is C15H14FNO4. The predicted molar refractivity (Wildman–Crippen MR) is 73.7 cm³/mol. The van der Waals surface area contributed by atoms with E-state index < -0.39 is 22.9 Å². The summed E-state index contributed by atoms with van der Waals surface area (Å²) in [5.41, 5.74) is 4.71. The molecule has 2 aromatic rings. The molecule has 0 unspecified atom stereocenters. The van der Waals surface area contributed by atoms with Crippen LogP contribution in [0, 0.1) is 11.7 Å². The Hall–Kier alpha value is -2.37. The van der Waals surface area contributed by atoms with Crippen LogP contribution in [0.2, 0.25) is 0 Å². The Morgan fingerprint density at radius 1 is 1.43 bits per heavy atom. The molecule has 1 fully saturated rings. The van der Waals surface area contributed by atoms with E-state index in [1.807, 2.05) is 0 Å². The molecule has 3 rings (SSSR count). The second-order valence-electron chi connectivity index (χ2n) is 5.41. The van der Waals surface area contributed by atoms with Gasteiger partial charge in [-0.05, 0) is 18.4 Å². The zero-order valence-corrected chi connectivity index (χ0v) is 11.2. The summed E-state index contributed by atoms with van der Waals surface area (Å²) in [4.78, 5) is 24.0. The Balaban J connectivity index is 2.27. The van der Waals surface area contributed by atoms with E-state index in [-0.39, 0.29) is 22.3 Å². The summed E-state index contributed by atoms with van der Waals surface area (Å²) in [6.45, 7) is 0. The highest BCUT2D eigenvalue weighted by atomic mass is 19.1. The van der Waals surface area contributed by atoms with Crippen molar-refractivity contribution in [2.75, 3.05) is 0 Å². The third kappa shape index (κ3) is 2.26. The molecule has 5 nitrogen and oxygen atoms in total. The number of phenols is 1. The van der Waals surface area contributed by atoms with Gasteiger partial charge >= 0.3 is 0 Å². The molecule has 0 saturated heterocycles. The normalized spacial score (nSPS) is 15.1. The van der Waals surface area contributed by atoms with E-state index in [9.17, 15) is 19.1 Å². The summed E-state index contributed by atoms with van der Waals surface area (Å²) in [6, 6.07) is 1.82. The molecule has 0 bridgehead atoms. The lowest BCUT2D eigenvalue weighted by atomic mass is 9.80. The largest absolute Gasteiger partial charge is 0.504 e. The summed E-state index contributed by atoms with van der Waals surface area (Å²) < 4.78 is 18.7. The molecule has 6 heteroatoms. The van der Waals surface area contributed by atoms with E-state index in [0.717, 1.165) is 31.4 Å². The standard InChI is InChI=1S/C15H14FNO4/c16-8-5-10-12(19)9(4-7-2-1-3-7)14(15(17)20)21-13(10)11(18)6-8/h5-7,18H,1-4H2,(H2,17,20). The van der Waals surface area contributed by atoms with Gasteiger partial charge in [0.2, 0.25) is 0 Å². The third-order valence-corrected chi connectivity index (χ3v) is 3.97. The maximum absolute atomic E-state index is 13.4. The summed E-state index contributed by atoms with van der Waals surface area (Å²) in [5.74, 6) is -2.08. The lowest BCUT2D eigenvalue weighted by Gasteiger charge is -2.25. The highest BCUT2D eigenvalue weighted by Crippen LogP contribution is 2.32. The molecule has 0 aliphatic heterocycles. The SMILES string of the molecule is NC(=O)c1oc2c(O)cc(F)cc2c(=O)c1CC1CCC1. The first-order valence-electron chi connectivity index (χ1n) is 6.75. The Labute approximate surface area is 119 Å². The molecule has 110 valence electrons. The molecule has 1 aromatic carbocycles. The summed E-state index contributed by atoms with van der Waals surface area (Å²) in [5, 5.41) is 9.61. The van der Waals surface area contributed by atoms with Crippen LogP contribution in [0.3, 0.4) is 0 Å². The van der Waals surface area contributed by atoms with Crippen molar-refractivity contribution in [3.8, 4) is 5.75 Å². The summed E-state index contributed by atoms with van der Waals surface area (Å²) >= 11 is 0. The third-order valence-electron chi connectivity index (χ3n) is 3.97. The Bertz CT molecular complexity index is 792. The minimum absolute atomic E-state index is 0.0770. The summed E-state index contributed by atoms with van der Waals surface area (Å²) in [6.07, 6.45) is 3.42. The molecule has 1 aliphatic rings.